The molecule has 0 saturated carbocycles. The Balaban J connectivity index is 3.98. The molecular formula is C44H81N2O6P. The maximum atomic E-state index is 12.7. The van der Waals surface area contributed by atoms with Crippen LogP contribution in [-0.2, 0) is 18.4 Å². The largest absolute Gasteiger partial charge is 0.756 e. The van der Waals surface area contributed by atoms with Crippen molar-refractivity contribution in [2.45, 2.75) is 174 Å². The standard InChI is InChI=1S/C44H81N2O6P/c1-6-8-10-12-13-14-15-16-17-18-19-20-21-22-23-24-25-26-27-28-29-30-31-32-33-34-36-38-44(48)45-42(43(47)37-35-11-9-7-2)41-52-53(49,50)51-40-39-46(3,4)5/h8,10,13-14,16-17,19-20,22-23,42-43,47H,6-7,9,11-12,15,18,21,24-41H2,1-5H3,(H-,45,48,49,50)/b10-8-,14-13-,17-16-,20-19-,23-22-. The van der Waals surface area contributed by atoms with Crippen molar-refractivity contribution in [1.29, 1.82) is 0 Å². The van der Waals surface area contributed by atoms with Crippen LogP contribution in [0.25, 0.3) is 0 Å². The molecule has 9 heteroatoms. The van der Waals surface area contributed by atoms with Gasteiger partial charge in [-0.05, 0) is 57.8 Å². The molecule has 0 aliphatic heterocycles. The summed E-state index contributed by atoms with van der Waals surface area (Å²) in [6.45, 7) is 4.45. The van der Waals surface area contributed by atoms with Gasteiger partial charge in [0.05, 0.1) is 39.9 Å². The van der Waals surface area contributed by atoms with Crippen LogP contribution in [0.15, 0.2) is 60.8 Å². The molecular weight excluding hydrogens is 683 g/mol. The van der Waals surface area contributed by atoms with E-state index in [-0.39, 0.29) is 19.1 Å². The minimum atomic E-state index is -4.55. The first-order chi connectivity index (χ1) is 25.5. The third-order valence-electron chi connectivity index (χ3n) is 9.02. The van der Waals surface area contributed by atoms with Crippen molar-refractivity contribution in [2.75, 3.05) is 40.9 Å². The van der Waals surface area contributed by atoms with Crippen LogP contribution >= 0.6 is 7.82 Å². The van der Waals surface area contributed by atoms with Gasteiger partial charge in [-0.1, -0.05) is 158 Å². The van der Waals surface area contributed by atoms with Crippen molar-refractivity contribution < 1.29 is 32.9 Å². The van der Waals surface area contributed by atoms with E-state index in [2.05, 4.69) is 79.9 Å². The van der Waals surface area contributed by atoms with E-state index in [1.165, 1.54) is 57.8 Å². The lowest BCUT2D eigenvalue weighted by Gasteiger charge is -2.30. The number of carbonyl (C=O) groups is 1. The molecule has 2 N–H and O–H groups in total. The van der Waals surface area contributed by atoms with Crippen molar-refractivity contribution in [3.63, 3.8) is 0 Å². The van der Waals surface area contributed by atoms with E-state index >= 15 is 0 Å². The topological polar surface area (TPSA) is 108 Å². The van der Waals surface area contributed by atoms with Crippen LogP contribution in [0.4, 0.5) is 0 Å². The fourth-order valence-corrected chi connectivity index (χ4v) is 6.37. The van der Waals surface area contributed by atoms with Crippen molar-refractivity contribution in [2.24, 2.45) is 0 Å². The molecule has 0 aromatic rings. The molecule has 8 nitrogen and oxygen atoms in total. The Bertz CT molecular complexity index is 1050. The number of nitrogens with one attached hydrogen (secondary N) is 1. The van der Waals surface area contributed by atoms with Gasteiger partial charge >= 0.3 is 0 Å². The van der Waals surface area contributed by atoms with Gasteiger partial charge in [0.25, 0.3) is 7.82 Å². The van der Waals surface area contributed by atoms with Gasteiger partial charge in [-0.25, -0.2) is 0 Å². The number of amides is 1. The van der Waals surface area contributed by atoms with Crippen molar-refractivity contribution in [3.8, 4) is 0 Å². The van der Waals surface area contributed by atoms with Gasteiger partial charge in [0, 0.05) is 6.42 Å². The highest BCUT2D eigenvalue weighted by atomic mass is 31.2. The monoisotopic (exact) mass is 765 g/mol. The van der Waals surface area contributed by atoms with Crippen LogP contribution in [0, 0.1) is 0 Å². The Morgan fingerprint density at radius 3 is 1.66 bits per heavy atom. The summed E-state index contributed by atoms with van der Waals surface area (Å²) >= 11 is 0. The zero-order valence-corrected chi connectivity index (χ0v) is 35.6. The molecule has 53 heavy (non-hydrogen) atoms. The normalized spacial score (nSPS) is 15.1. The molecule has 0 rings (SSSR count). The Morgan fingerprint density at radius 2 is 1.15 bits per heavy atom. The summed E-state index contributed by atoms with van der Waals surface area (Å²) in [4.78, 5) is 25.0. The van der Waals surface area contributed by atoms with Crippen LogP contribution in [-0.4, -0.2) is 68.5 Å². The molecule has 0 aliphatic rings. The molecule has 3 unspecified atom stereocenters. The molecule has 0 aliphatic carbocycles. The number of aliphatic hydroxyl groups is 1. The summed E-state index contributed by atoms with van der Waals surface area (Å²) in [5.41, 5.74) is 0. The molecule has 0 aromatic carbocycles. The van der Waals surface area contributed by atoms with Crippen LogP contribution in [0.3, 0.4) is 0 Å². The number of phosphoric ester groups is 1. The van der Waals surface area contributed by atoms with Crippen LogP contribution in [0.1, 0.15) is 162 Å². The van der Waals surface area contributed by atoms with E-state index in [1.54, 1.807) is 0 Å². The van der Waals surface area contributed by atoms with Gasteiger partial charge in [0.1, 0.15) is 13.2 Å². The Morgan fingerprint density at radius 1 is 0.679 bits per heavy atom. The predicted molar refractivity (Wildman–Crippen MR) is 224 cm³/mol. The molecule has 1 amide bonds. The van der Waals surface area contributed by atoms with Crippen LogP contribution < -0.4 is 10.2 Å². The second-order valence-corrected chi connectivity index (χ2v) is 16.7. The number of aliphatic hydroxyl groups excluding tert-OH is 1. The van der Waals surface area contributed by atoms with E-state index in [0.717, 1.165) is 77.0 Å². The summed E-state index contributed by atoms with van der Waals surface area (Å²) < 4.78 is 23.0. The number of likely N-dealkylation sites (N-methyl/N-ethyl adjacent to an activating group) is 1. The average Bonchev–Trinajstić information content (AvgIpc) is 3.10. The van der Waals surface area contributed by atoms with E-state index in [1.807, 2.05) is 21.1 Å². The van der Waals surface area contributed by atoms with E-state index < -0.39 is 20.0 Å². The summed E-state index contributed by atoms with van der Waals surface area (Å²) in [5.74, 6) is -0.181. The number of phosphoric acid groups is 1. The predicted octanol–water partition coefficient (Wildman–Crippen LogP) is 10.8. The van der Waals surface area contributed by atoms with E-state index in [9.17, 15) is 19.4 Å². The van der Waals surface area contributed by atoms with Gasteiger partial charge in [-0.15, -0.1) is 0 Å². The number of carbonyl (C=O) groups excluding carboxylic acids is 1. The third kappa shape index (κ3) is 38.3. The van der Waals surface area contributed by atoms with Crippen molar-refractivity contribution in [1.82, 2.24) is 5.32 Å². The number of unbranched alkanes of at least 4 members (excludes halogenated alkanes) is 14. The molecule has 0 heterocycles. The molecule has 0 aromatic heterocycles. The van der Waals surface area contributed by atoms with E-state index in [0.29, 0.717) is 23.9 Å². The van der Waals surface area contributed by atoms with Crippen molar-refractivity contribution >= 4 is 13.7 Å². The van der Waals surface area contributed by atoms with Crippen molar-refractivity contribution in [3.05, 3.63) is 60.8 Å². The fourth-order valence-electron chi connectivity index (χ4n) is 5.65. The number of nitrogens with zero attached hydrogens (tertiary/aromatic N) is 1. The van der Waals surface area contributed by atoms with Gasteiger partial charge < -0.3 is 28.8 Å². The summed E-state index contributed by atoms with van der Waals surface area (Å²) in [7, 11) is 1.29. The summed E-state index contributed by atoms with van der Waals surface area (Å²) in [6, 6.07) is -0.800. The lowest BCUT2D eigenvalue weighted by molar-refractivity contribution is -0.870. The molecule has 0 bridgehead atoms. The average molecular weight is 765 g/mol. The minimum absolute atomic E-state index is 0.00779. The lowest BCUT2D eigenvalue weighted by Crippen LogP contribution is -2.46. The van der Waals surface area contributed by atoms with Gasteiger partial charge in [0.2, 0.25) is 5.91 Å². The van der Waals surface area contributed by atoms with Crippen LogP contribution in [0.2, 0.25) is 0 Å². The smallest absolute Gasteiger partial charge is 0.268 e. The van der Waals surface area contributed by atoms with Gasteiger partial charge in [0.15, 0.2) is 0 Å². The second kappa shape index (κ2) is 35.9. The quantitative estimate of drug-likeness (QED) is 0.0282. The highest BCUT2D eigenvalue weighted by molar-refractivity contribution is 7.45. The summed E-state index contributed by atoms with van der Waals surface area (Å²) in [5, 5.41) is 13.6. The Kier molecular flexibility index (Phi) is 34.7. The minimum Gasteiger partial charge on any atom is -0.756 e. The molecule has 0 saturated heterocycles. The Labute approximate surface area is 326 Å². The molecule has 308 valence electrons. The molecule has 0 spiro atoms. The second-order valence-electron chi connectivity index (χ2n) is 15.3. The highest BCUT2D eigenvalue weighted by Crippen LogP contribution is 2.38. The fraction of sp³-hybridized carbons (Fsp3) is 0.750. The zero-order valence-electron chi connectivity index (χ0n) is 34.7. The number of hydrogen-bond acceptors (Lipinski definition) is 6. The molecule has 3 atom stereocenters. The Hall–Kier alpha value is -1.80. The number of hydrogen-bond donors (Lipinski definition) is 2. The number of allylic oxidation sites excluding steroid dienone is 10. The maximum absolute atomic E-state index is 12.7. The SMILES string of the molecule is CC/C=C\C/C=C\C/C=C\C/C=C\C/C=C\CCCCCCCCCCCCCC(=O)NC(COP(=O)([O-])OCC[N+](C)(C)C)C(O)CCCCCC. The highest BCUT2D eigenvalue weighted by Gasteiger charge is 2.24. The number of quaternary nitrogens is 1. The molecule has 0 radical (unpaired) electrons. The van der Waals surface area contributed by atoms with Gasteiger partial charge in [-0.3, -0.25) is 9.36 Å². The maximum Gasteiger partial charge on any atom is 0.268 e. The zero-order chi connectivity index (χ0) is 39.3. The van der Waals surface area contributed by atoms with E-state index in [4.69, 9.17) is 9.05 Å². The first kappa shape index (κ1) is 51.2. The summed E-state index contributed by atoms with van der Waals surface area (Å²) in [6.07, 6.45) is 45.8. The first-order valence-corrected chi connectivity index (χ1v) is 22.6. The van der Waals surface area contributed by atoms with Crippen LogP contribution in [0.5, 0.6) is 0 Å². The number of rotatable bonds is 37. The third-order valence-corrected chi connectivity index (χ3v) is 9.98. The lowest BCUT2D eigenvalue weighted by atomic mass is 10.0. The first-order valence-electron chi connectivity index (χ1n) is 21.1. The van der Waals surface area contributed by atoms with Gasteiger partial charge in [-0.2, -0.15) is 0 Å². The molecule has 0 fully saturated rings.